The molecule has 2 N–H and O–H groups in total. The second-order valence-corrected chi connectivity index (χ2v) is 12.9. The highest BCUT2D eigenvalue weighted by Gasteiger charge is 2.28. The average Bonchev–Trinajstić information content (AvgIpc) is 3.01. The molecule has 2 aromatic rings. The Labute approximate surface area is 267 Å². The van der Waals surface area contributed by atoms with Crippen LogP contribution in [-0.4, -0.2) is 76.2 Å². The maximum Gasteiger partial charge on any atom is 0.321 e. The van der Waals surface area contributed by atoms with Gasteiger partial charge in [0.15, 0.2) is 0 Å². The van der Waals surface area contributed by atoms with E-state index < -0.39 is 0 Å². The summed E-state index contributed by atoms with van der Waals surface area (Å²) in [6.45, 7) is 7.47. The minimum absolute atomic E-state index is 0.0123. The summed E-state index contributed by atoms with van der Waals surface area (Å²) < 4.78 is 0. The van der Waals surface area contributed by atoms with Crippen LogP contribution < -0.4 is 20.4 Å². The highest BCUT2D eigenvalue weighted by molar-refractivity contribution is 5.90. The summed E-state index contributed by atoms with van der Waals surface area (Å²) in [5.74, 6) is 0.882. The Bertz CT molecular complexity index is 1030. The Hall–Kier alpha value is -3.42. The number of nitrogens with zero attached hydrogens (tertiary/aromatic N) is 4. The number of nitrogens with one attached hydrogen (secondary N) is 2. The number of anilines is 4. The summed E-state index contributed by atoms with van der Waals surface area (Å²) in [5.41, 5.74) is 3.87. The van der Waals surface area contributed by atoms with Gasteiger partial charge in [0.05, 0.1) is 0 Å². The van der Waals surface area contributed by atoms with Crippen LogP contribution in [0.25, 0.3) is 0 Å². The third kappa shape index (κ3) is 11.6. The fraction of sp³-hybridized carbons (Fsp3) is 0.611. The van der Waals surface area contributed by atoms with Gasteiger partial charge in [0.25, 0.3) is 0 Å². The molecule has 1 aliphatic rings. The van der Waals surface area contributed by atoms with Crippen molar-refractivity contribution >= 4 is 34.8 Å². The van der Waals surface area contributed by atoms with Gasteiger partial charge in [-0.15, -0.1) is 0 Å². The van der Waals surface area contributed by atoms with Crippen molar-refractivity contribution in [2.24, 2.45) is 11.8 Å². The molecule has 0 heterocycles. The van der Waals surface area contributed by atoms with Gasteiger partial charge >= 0.3 is 12.1 Å². The maximum atomic E-state index is 13.5. The quantitative estimate of drug-likeness (QED) is 0.188. The summed E-state index contributed by atoms with van der Waals surface area (Å²) in [4.78, 5) is 35.1. The van der Waals surface area contributed by atoms with E-state index in [1.165, 1.54) is 0 Å². The van der Waals surface area contributed by atoms with Crippen molar-refractivity contribution in [3.05, 3.63) is 48.5 Å². The molecule has 0 aromatic heterocycles. The number of urea groups is 2. The highest BCUT2D eigenvalue weighted by Crippen LogP contribution is 2.31. The van der Waals surface area contributed by atoms with Gasteiger partial charge in [0.1, 0.15) is 0 Å². The second kappa shape index (κ2) is 18.4. The van der Waals surface area contributed by atoms with Crippen molar-refractivity contribution in [3.63, 3.8) is 0 Å². The van der Waals surface area contributed by atoms with Crippen LogP contribution in [-0.2, 0) is 0 Å². The minimum Gasteiger partial charge on any atom is -0.378 e. The fourth-order valence-corrected chi connectivity index (χ4v) is 6.10. The molecule has 2 aromatic carbocycles. The second-order valence-electron chi connectivity index (χ2n) is 12.9. The van der Waals surface area contributed by atoms with E-state index in [1.54, 1.807) is 0 Å². The standard InChI is InChI=1S/C36H58N6O2/c1-7-9-11-24-41(35(43)37-31-16-20-33(21-17-31)39(3)4)27-29-14-13-15-30(26-29)28-42(25-12-10-8-2)36(44)38-32-18-22-34(23-19-32)40(5)6/h16-23,29-30H,7-15,24-28H2,1-6H3,(H,37,43)(H,38,44)/t29-,30-/m0/s1. The lowest BCUT2D eigenvalue weighted by atomic mass is 9.81. The van der Waals surface area contributed by atoms with Gasteiger partial charge < -0.3 is 30.2 Å². The molecule has 0 aliphatic heterocycles. The number of hydrogen-bond acceptors (Lipinski definition) is 4. The van der Waals surface area contributed by atoms with Crippen LogP contribution in [0.3, 0.4) is 0 Å². The van der Waals surface area contributed by atoms with Gasteiger partial charge in [0, 0.05) is 77.1 Å². The van der Waals surface area contributed by atoms with E-state index in [4.69, 9.17) is 0 Å². The Morgan fingerprint density at radius 2 is 1.02 bits per heavy atom. The maximum absolute atomic E-state index is 13.5. The van der Waals surface area contributed by atoms with Crippen molar-refractivity contribution in [1.29, 1.82) is 0 Å². The first-order valence-corrected chi connectivity index (χ1v) is 16.9. The first-order valence-electron chi connectivity index (χ1n) is 16.9. The Morgan fingerprint density at radius 3 is 1.36 bits per heavy atom. The average molecular weight is 607 g/mol. The van der Waals surface area contributed by atoms with E-state index in [9.17, 15) is 9.59 Å². The highest BCUT2D eigenvalue weighted by atomic mass is 16.2. The molecular formula is C36H58N6O2. The normalized spacial score (nSPS) is 16.2. The van der Waals surface area contributed by atoms with E-state index in [0.717, 1.165) is 113 Å². The van der Waals surface area contributed by atoms with Crippen molar-refractivity contribution in [3.8, 4) is 0 Å². The molecule has 4 amide bonds. The van der Waals surface area contributed by atoms with Gasteiger partial charge in [-0.2, -0.15) is 0 Å². The number of rotatable bonds is 16. The van der Waals surface area contributed by atoms with Crippen molar-refractivity contribution in [2.75, 3.05) is 74.8 Å². The molecule has 44 heavy (non-hydrogen) atoms. The molecule has 3 rings (SSSR count). The van der Waals surface area contributed by atoms with Crippen LogP contribution in [0.4, 0.5) is 32.3 Å². The largest absolute Gasteiger partial charge is 0.378 e. The smallest absolute Gasteiger partial charge is 0.321 e. The van der Waals surface area contributed by atoms with E-state index in [-0.39, 0.29) is 12.1 Å². The van der Waals surface area contributed by atoms with Crippen LogP contribution in [0, 0.1) is 11.8 Å². The molecular weight excluding hydrogens is 548 g/mol. The van der Waals surface area contributed by atoms with Crippen LogP contribution in [0.2, 0.25) is 0 Å². The number of carbonyl (C=O) groups excluding carboxylic acids is 2. The van der Waals surface area contributed by atoms with Crippen LogP contribution >= 0.6 is 0 Å². The minimum atomic E-state index is -0.0123. The molecule has 0 unspecified atom stereocenters. The summed E-state index contributed by atoms with van der Waals surface area (Å²) in [7, 11) is 8.06. The molecule has 0 bridgehead atoms. The third-order valence-corrected chi connectivity index (χ3v) is 8.76. The van der Waals surface area contributed by atoms with E-state index in [0.29, 0.717) is 11.8 Å². The van der Waals surface area contributed by atoms with Gasteiger partial charge in [-0.05, 0) is 92.5 Å². The topological polar surface area (TPSA) is 71.2 Å². The van der Waals surface area contributed by atoms with Crippen molar-refractivity contribution in [2.45, 2.75) is 78.1 Å². The first-order chi connectivity index (χ1) is 21.2. The number of carbonyl (C=O) groups is 2. The molecule has 8 nitrogen and oxygen atoms in total. The van der Waals surface area contributed by atoms with Gasteiger partial charge in [0.2, 0.25) is 0 Å². The molecule has 2 atom stereocenters. The Kier molecular flexibility index (Phi) is 14.7. The van der Waals surface area contributed by atoms with Crippen molar-refractivity contribution in [1.82, 2.24) is 9.80 Å². The third-order valence-electron chi connectivity index (χ3n) is 8.76. The molecule has 0 spiro atoms. The molecule has 8 heteroatoms. The summed E-state index contributed by atoms with van der Waals surface area (Å²) in [5, 5.41) is 6.30. The summed E-state index contributed by atoms with van der Waals surface area (Å²) in [6, 6.07) is 16.0. The molecule has 244 valence electrons. The number of amides is 4. The van der Waals surface area contributed by atoms with Crippen molar-refractivity contribution < 1.29 is 9.59 Å². The summed E-state index contributed by atoms with van der Waals surface area (Å²) in [6.07, 6.45) is 11.0. The van der Waals surface area contributed by atoms with Gasteiger partial charge in [-0.3, -0.25) is 0 Å². The van der Waals surface area contributed by atoms with Crippen LogP contribution in [0.15, 0.2) is 48.5 Å². The van der Waals surface area contributed by atoms with E-state index >= 15 is 0 Å². The zero-order valence-electron chi connectivity index (χ0n) is 28.3. The van der Waals surface area contributed by atoms with Crippen LogP contribution in [0.5, 0.6) is 0 Å². The lowest BCUT2D eigenvalue weighted by Gasteiger charge is -2.36. The molecule has 1 aliphatic carbocycles. The number of benzene rings is 2. The van der Waals surface area contributed by atoms with Gasteiger partial charge in [-0.25, -0.2) is 9.59 Å². The van der Waals surface area contributed by atoms with E-state index in [1.807, 2.05) is 86.5 Å². The first kappa shape index (κ1) is 35.1. The monoisotopic (exact) mass is 606 g/mol. The summed E-state index contributed by atoms with van der Waals surface area (Å²) >= 11 is 0. The van der Waals surface area contributed by atoms with Gasteiger partial charge in [-0.1, -0.05) is 46.0 Å². The molecule has 1 saturated carbocycles. The zero-order chi connectivity index (χ0) is 31.9. The van der Waals surface area contributed by atoms with E-state index in [2.05, 4.69) is 34.3 Å². The lowest BCUT2D eigenvalue weighted by molar-refractivity contribution is 0.153. The Balaban J connectivity index is 1.62. The fourth-order valence-electron chi connectivity index (χ4n) is 6.10. The number of hydrogen-bond donors (Lipinski definition) is 2. The zero-order valence-corrected chi connectivity index (χ0v) is 28.3. The molecule has 0 radical (unpaired) electrons. The van der Waals surface area contributed by atoms with Crippen LogP contribution in [0.1, 0.15) is 78.1 Å². The predicted molar refractivity (Wildman–Crippen MR) is 187 cm³/mol. The Morgan fingerprint density at radius 1 is 0.636 bits per heavy atom. The molecule has 1 fully saturated rings. The predicted octanol–water partition coefficient (Wildman–Crippen LogP) is 8.37. The SMILES string of the molecule is CCCCCN(C[C@H]1CCC[C@H](CN(CCCCC)C(=O)Nc2ccc(N(C)C)cc2)C1)C(=O)Nc1ccc(N(C)C)cc1. The molecule has 0 saturated heterocycles. The number of unbranched alkanes of at least 4 members (excludes halogenated alkanes) is 4. The lowest BCUT2D eigenvalue weighted by Crippen LogP contribution is -2.43.